The lowest BCUT2D eigenvalue weighted by Gasteiger charge is -2.23. The van der Waals surface area contributed by atoms with Crippen molar-refractivity contribution in [3.05, 3.63) is 53.7 Å². The highest BCUT2D eigenvalue weighted by molar-refractivity contribution is 5.96. The minimum atomic E-state index is -0.673. The van der Waals surface area contributed by atoms with Crippen LogP contribution in [0.15, 0.2) is 42.6 Å². The third kappa shape index (κ3) is 4.33. The molecule has 0 saturated carbocycles. The number of rotatable bonds is 3. The van der Waals surface area contributed by atoms with Crippen LogP contribution in [0, 0.1) is 11.3 Å². The Morgan fingerprint density at radius 2 is 2.00 bits per heavy atom. The molecule has 138 valence electrons. The van der Waals surface area contributed by atoms with E-state index in [0.29, 0.717) is 42.3 Å². The molecule has 0 spiro atoms. The van der Waals surface area contributed by atoms with Crippen molar-refractivity contribution in [2.24, 2.45) is 5.73 Å². The number of nitrogens with one attached hydrogen (secondary N) is 1. The third-order valence-corrected chi connectivity index (χ3v) is 4.37. The lowest BCUT2D eigenvalue weighted by molar-refractivity contribution is 0.0767. The lowest BCUT2D eigenvalue weighted by Crippen LogP contribution is -2.35. The van der Waals surface area contributed by atoms with Gasteiger partial charge in [-0.2, -0.15) is 5.26 Å². The summed E-state index contributed by atoms with van der Waals surface area (Å²) in [7, 11) is 0. The van der Waals surface area contributed by atoms with Gasteiger partial charge in [0.05, 0.1) is 5.56 Å². The molecule has 3 amide bonds. The van der Waals surface area contributed by atoms with Crippen LogP contribution in [0.4, 0.5) is 16.3 Å². The van der Waals surface area contributed by atoms with Crippen molar-refractivity contribution in [1.29, 1.82) is 5.26 Å². The van der Waals surface area contributed by atoms with Gasteiger partial charge in [0.25, 0.3) is 5.91 Å². The molecule has 0 unspecified atom stereocenters. The minimum Gasteiger partial charge on any atom is -0.354 e. The first-order valence-electron chi connectivity index (χ1n) is 8.64. The van der Waals surface area contributed by atoms with Crippen molar-refractivity contribution in [1.82, 2.24) is 9.88 Å². The molecular weight excluding hydrogens is 344 g/mol. The zero-order valence-electron chi connectivity index (χ0n) is 14.8. The summed E-state index contributed by atoms with van der Waals surface area (Å²) in [5, 5.41) is 11.8. The monoisotopic (exact) mass is 364 g/mol. The van der Waals surface area contributed by atoms with Crippen LogP contribution >= 0.6 is 0 Å². The van der Waals surface area contributed by atoms with Gasteiger partial charge >= 0.3 is 6.03 Å². The molecule has 0 aliphatic carbocycles. The molecule has 1 aromatic heterocycles. The summed E-state index contributed by atoms with van der Waals surface area (Å²) in [6.07, 6.45) is 2.44. The molecule has 1 aliphatic heterocycles. The fourth-order valence-electron chi connectivity index (χ4n) is 3.12. The molecule has 8 nitrogen and oxygen atoms in total. The maximum absolute atomic E-state index is 12.9. The minimum absolute atomic E-state index is 0.105. The van der Waals surface area contributed by atoms with Gasteiger partial charge in [-0.25, -0.2) is 9.78 Å². The summed E-state index contributed by atoms with van der Waals surface area (Å²) < 4.78 is 0. The maximum atomic E-state index is 12.9. The van der Waals surface area contributed by atoms with Crippen LogP contribution in [-0.2, 0) is 0 Å². The van der Waals surface area contributed by atoms with Crippen molar-refractivity contribution in [3.63, 3.8) is 0 Å². The average Bonchev–Trinajstić information content (AvgIpc) is 2.93. The summed E-state index contributed by atoms with van der Waals surface area (Å²) in [4.78, 5) is 32.0. The van der Waals surface area contributed by atoms with Crippen molar-refractivity contribution in [2.75, 3.05) is 36.4 Å². The number of primary amides is 1. The number of benzene rings is 1. The van der Waals surface area contributed by atoms with E-state index in [1.165, 1.54) is 0 Å². The molecule has 0 radical (unpaired) electrons. The van der Waals surface area contributed by atoms with E-state index in [0.717, 1.165) is 13.0 Å². The van der Waals surface area contributed by atoms with E-state index in [9.17, 15) is 14.9 Å². The van der Waals surface area contributed by atoms with Gasteiger partial charge in [-0.05, 0) is 36.8 Å². The molecule has 1 saturated heterocycles. The van der Waals surface area contributed by atoms with Gasteiger partial charge in [-0.15, -0.1) is 0 Å². The molecular formula is C19H20N6O2. The highest BCUT2D eigenvalue weighted by Crippen LogP contribution is 2.19. The topological polar surface area (TPSA) is 115 Å². The zero-order chi connectivity index (χ0) is 19.2. The Morgan fingerprint density at radius 1 is 1.15 bits per heavy atom. The number of aromatic nitrogens is 1. The van der Waals surface area contributed by atoms with Crippen molar-refractivity contribution in [3.8, 4) is 6.07 Å². The summed E-state index contributed by atoms with van der Waals surface area (Å²) in [6.45, 7) is 2.45. The summed E-state index contributed by atoms with van der Waals surface area (Å²) in [5.41, 5.74) is 6.63. The van der Waals surface area contributed by atoms with Crippen LogP contribution < -0.4 is 16.0 Å². The summed E-state index contributed by atoms with van der Waals surface area (Å²) in [6, 6.07) is 11.7. The second kappa shape index (κ2) is 8.19. The molecule has 1 fully saturated rings. The maximum Gasteiger partial charge on any atom is 0.316 e. The number of anilines is 2. The molecule has 3 N–H and O–H groups in total. The number of pyridine rings is 1. The van der Waals surface area contributed by atoms with Crippen LogP contribution in [0.3, 0.4) is 0 Å². The van der Waals surface area contributed by atoms with Crippen molar-refractivity contribution < 1.29 is 9.59 Å². The largest absolute Gasteiger partial charge is 0.354 e. The predicted molar refractivity (Wildman–Crippen MR) is 101 cm³/mol. The highest BCUT2D eigenvalue weighted by Gasteiger charge is 2.22. The standard InChI is InChI=1S/C19H20N6O2/c20-13-15-5-2-7-22-17(15)24-8-3-9-25(11-10-24)18(26)14-4-1-6-16(12-14)23-19(21)27/h1-2,4-7,12H,3,8-11H2,(H3,21,23,27). The molecule has 0 bridgehead atoms. The number of hydrogen-bond acceptors (Lipinski definition) is 5. The molecule has 2 aromatic rings. The number of amides is 3. The molecule has 2 heterocycles. The van der Waals surface area contributed by atoms with E-state index >= 15 is 0 Å². The van der Waals surface area contributed by atoms with Crippen LogP contribution in [0.25, 0.3) is 0 Å². The molecule has 27 heavy (non-hydrogen) atoms. The van der Waals surface area contributed by atoms with Crippen molar-refractivity contribution in [2.45, 2.75) is 6.42 Å². The van der Waals surface area contributed by atoms with E-state index in [-0.39, 0.29) is 5.91 Å². The highest BCUT2D eigenvalue weighted by atomic mass is 16.2. The molecule has 8 heteroatoms. The van der Waals surface area contributed by atoms with Crippen LogP contribution in [0.1, 0.15) is 22.3 Å². The predicted octanol–water partition coefficient (Wildman–Crippen LogP) is 1.80. The van der Waals surface area contributed by atoms with E-state index in [1.807, 2.05) is 4.90 Å². The molecule has 1 aliphatic rings. The number of nitrogens with zero attached hydrogens (tertiary/aromatic N) is 4. The smallest absolute Gasteiger partial charge is 0.316 e. The number of urea groups is 1. The Kier molecular flexibility index (Phi) is 5.52. The number of nitriles is 1. The first kappa shape index (κ1) is 18.2. The van der Waals surface area contributed by atoms with Crippen LogP contribution in [0.2, 0.25) is 0 Å². The average molecular weight is 364 g/mol. The Balaban J connectivity index is 1.72. The number of nitrogens with two attached hydrogens (primary N) is 1. The number of carbonyl (C=O) groups excluding carboxylic acids is 2. The zero-order valence-corrected chi connectivity index (χ0v) is 14.8. The van der Waals surface area contributed by atoms with E-state index < -0.39 is 6.03 Å². The molecule has 0 atom stereocenters. The Morgan fingerprint density at radius 3 is 2.78 bits per heavy atom. The van der Waals surface area contributed by atoms with Gasteiger partial charge in [-0.1, -0.05) is 6.07 Å². The van der Waals surface area contributed by atoms with Crippen LogP contribution in [-0.4, -0.2) is 48.0 Å². The quantitative estimate of drug-likeness (QED) is 0.861. The van der Waals surface area contributed by atoms with Gasteiger partial charge in [0.15, 0.2) is 0 Å². The fraction of sp³-hybridized carbons (Fsp3) is 0.263. The lowest BCUT2D eigenvalue weighted by atomic mass is 10.1. The third-order valence-electron chi connectivity index (χ3n) is 4.37. The summed E-state index contributed by atoms with van der Waals surface area (Å²) >= 11 is 0. The van der Waals surface area contributed by atoms with E-state index in [2.05, 4.69) is 16.4 Å². The van der Waals surface area contributed by atoms with Gasteiger partial charge in [0.2, 0.25) is 0 Å². The van der Waals surface area contributed by atoms with Crippen molar-refractivity contribution >= 4 is 23.4 Å². The van der Waals surface area contributed by atoms with E-state index in [4.69, 9.17) is 5.73 Å². The normalized spacial score (nSPS) is 14.2. The van der Waals surface area contributed by atoms with Gasteiger partial charge in [0.1, 0.15) is 11.9 Å². The van der Waals surface area contributed by atoms with E-state index in [1.54, 1.807) is 47.5 Å². The molecule has 1 aromatic carbocycles. The first-order valence-corrected chi connectivity index (χ1v) is 8.64. The van der Waals surface area contributed by atoms with Crippen LogP contribution in [0.5, 0.6) is 0 Å². The number of hydrogen-bond donors (Lipinski definition) is 2. The Hall–Kier alpha value is -3.60. The second-order valence-electron chi connectivity index (χ2n) is 6.19. The van der Waals surface area contributed by atoms with Gasteiger partial charge in [-0.3, -0.25) is 4.79 Å². The Bertz CT molecular complexity index is 892. The number of carbonyl (C=O) groups is 2. The van der Waals surface area contributed by atoms with Gasteiger partial charge in [0, 0.05) is 43.6 Å². The Labute approximate surface area is 157 Å². The fourth-order valence-corrected chi connectivity index (χ4v) is 3.12. The SMILES string of the molecule is N#Cc1cccnc1N1CCCN(C(=O)c2cccc(NC(N)=O)c2)CC1. The summed E-state index contributed by atoms with van der Waals surface area (Å²) in [5.74, 6) is 0.549. The second-order valence-corrected chi connectivity index (χ2v) is 6.19. The first-order chi connectivity index (χ1) is 13.1. The molecule has 3 rings (SSSR count). The van der Waals surface area contributed by atoms with Gasteiger partial charge < -0.3 is 20.9 Å².